The molecule has 7 nitrogen and oxygen atoms in total. The van der Waals surface area contributed by atoms with Crippen molar-refractivity contribution < 1.29 is 9.66 Å². The first-order chi connectivity index (χ1) is 12.2. The molecule has 2 heterocycles. The smallest absolute Gasteiger partial charge is 0.270 e. The van der Waals surface area contributed by atoms with Crippen molar-refractivity contribution in [1.29, 1.82) is 5.26 Å². The van der Waals surface area contributed by atoms with Crippen molar-refractivity contribution in [3.05, 3.63) is 33.9 Å². The standard InChI is InChI=1S/C18H24N4O3/c19-14-16-13-17(22(23)24)1-2-18(16)21-7-4-15(5-8-21)3-6-20-9-11-25-12-10-20/h1-2,13,15H,3-12H2. The van der Waals surface area contributed by atoms with Crippen LogP contribution in [-0.4, -0.2) is 55.8 Å². The first-order valence-corrected chi connectivity index (χ1v) is 8.91. The summed E-state index contributed by atoms with van der Waals surface area (Å²) >= 11 is 0. The molecule has 0 radical (unpaired) electrons. The highest BCUT2D eigenvalue weighted by Gasteiger charge is 2.23. The summed E-state index contributed by atoms with van der Waals surface area (Å²) in [4.78, 5) is 15.1. The number of rotatable bonds is 5. The zero-order chi connectivity index (χ0) is 17.6. The lowest BCUT2D eigenvalue weighted by Crippen LogP contribution is -2.39. The molecule has 0 aromatic heterocycles. The van der Waals surface area contributed by atoms with Crippen LogP contribution in [0.4, 0.5) is 11.4 Å². The minimum Gasteiger partial charge on any atom is -0.379 e. The zero-order valence-corrected chi connectivity index (χ0v) is 14.4. The topological polar surface area (TPSA) is 82.6 Å². The molecule has 0 N–H and O–H groups in total. The lowest BCUT2D eigenvalue weighted by atomic mass is 9.92. The van der Waals surface area contributed by atoms with Gasteiger partial charge in [-0.25, -0.2) is 0 Å². The average Bonchev–Trinajstić information content (AvgIpc) is 2.67. The molecule has 0 atom stereocenters. The van der Waals surface area contributed by atoms with E-state index < -0.39 is 4.92 Å². The number of anilines is 1. The molecule has 2 aliphatic heterocycles. The van der Waals surface area contributed by atoms with Crippen LogP contribution in [0.15, 0.2) is 18.2 Å². The first kappa shape index (κ1) is 17.6. The molecular formula is C18H24N4O3. The van der Waals surface area contributed by atoms with E-state index in [-0.39, 0.29) is 5.69 Å². The van der Waals surface area contributed by atoms with E-state index in [1.807, 2.05) is 0 Å². The Balaban J connectivity index is 1.53. The fraction of sp³-hybridized carbons (Fsp3) is 0.611. The summed E-state index contributed by atoms with van der Waals surface area (Å²) in [6.45, 7) is 6.70. The van der Waals surface area contributed by atoms with Crippen molar-refractivity contribution in [2.75, 3.05) is 50.8 Å². The Bertz CT molecular complexity index is 644. The summed E-state index contributed by atoms with van der Waals surface area (Å²) in [5.74, 6) is 0.711. The van der Waals surface area contributed by atoms with Gasteiger partial charge >= 0.3 is 0 Å². The number of nitriles is 1. The maximum absolute atomic E-state index is 10.9. The van der Waals surface area contributed by atoms with Crippen LogP contribution < -0.4 is 4.90 Å². The number of nitrogens with zero attached hydrogens (tertiary/aromatic N) is 4. The quantitative estimate of drug-likeness (QED) is 0.602. The molecule has 134 valence electrons. The molecule has 1 aromatic carbocycles. The van der Waals surface area contributed by atoms with Gasteiger partial charge in [0.05, 0.1) is 29.4 Å². The maximum atomic E-state index is 10.9. The minimum absolute atomic E-state index is 0.0271. The molecular weight excluding hydrogens is 320 g/mol. The van der Waals surface area contributed by atoms with Gasteiger partial charge in [-0.3, -0.25) is 15.0 Å². The van der Waals surface area contributed by atoms with Gasteiger partial charge in [0, 0.05) is 38.3 Å². The number of piperidine rings is 1. The van der Waals surface area contributed by atoms with Gasteiger partial charge in [0.15, 0.2) is 0 Å². The van der Waals surface area contributed by atoms with Gasteiger partial charge in [-0.05, 0) is 37.8 Å². The molecule has 0 spiro atoms. The Morgan fingerprint density at radius 2 is 1.96 bits per heavy atom. The largest absolute Gasteiger partial charge is 0.379 e. The van der Waals surface area contributed by atoms with E-state index in [1.165, 1.54) is 18.6 Å². The second-order valence-electron chi connectivity index (χ2n) is 6.74. The molecule has 2 saturated heterocycles. The number of nitro groups is 1. The third kappa shape index (κ3) is 4.47. The third-order valence-electron chi connectivity index (χ3n) is 5.22. The fourth-order valence-electron chi connectivity index (χ4n) is 3.66. The summed E-state index contributed by atoms with van der Waals surface area (Å²) in [7, 11) is 0. The predicted octanol–water partition coefficient (Wildman–Crippen LogP) is 2.41. The Labute approximate surface area is 147 Å². The minimum atomic E-state index is -0.456. The van der Waals surface area contributed by atoms with Crippen molar-refractivity contribution in [2.45, 2.75) is 19.3 Å². The lowest BCUT2D eigenvalue weighted by Gasteiger charge is -2.35. The maximum Gasteiger partial charge on any atom is 0.270 e. The molecule has 0 amide bonds. The number of ether oxygens (including phenoxy) is 1. The highest BCUT2D eigenvalue weighted by molar-refractivity contribution is 5.63. The third-order valence-corrected chi connectivity index (χ3v) is 5.22. The Hall–Kier alpha value is -2.17. The van der Waals surface area contributed by atoms with Gasteiger partial charge in [0.1, 0.15) is 6.07 Å². The number of hydrogen-bond acceptors (Lipinski definition) is 6. The number of morpholine rings is 1. The van der Waals surface area contributed by atoms with E-state index in [4.69, 9.17) is 4.74 Å². The molecule has 0 bridgehead atoms. The van der Waals surface area contributed by atoms with Gasteiger partial charge in [-0.2, -0.15) is 5.26 Å². The molecule has 0 unspecified atom stereocenters. The van der Waals surface area contributed by atoms with Gasteiger partial charge in [0.25, 0.3) is 5.69 Å². The van der Waals surface area contributed by atoms with Crippen LogP contribution in [0.5, 0.6) is 0 Å². The van der Waals surface area contributed by atoms with Gasteiger partial charge in [0.2, 0.25) is 0 Å². The van der Waals surface area contributed by atoms with Gasteiger partial charge in [-0.1, -0.05) is 0 Å². The molecule has 25 heavy (non-hydrogen) atoms. The monoisotopic (exact) mass is 344 g/mol. The Morgan fingerprint density at radius 1 is 1.24 bits per heavy atom. The van der Waals surface area contributed by atoms with Crippen LogP contribution in [0.2, 0.25) is 0 Å². The van der Waals surface area contributed by atoms with Gasteiger partial charge < -0.3 is 9.64 Å². The Kier molecular flexibility index (Phi) is 5.84. The van der Waals surface area contributed by atoms with E-state index in [9.17, 15) is 15.4 Å². The van der Waals surface area contributed by atoms with Crippen LogP contribution in [-0.2, 0) is 4.74 Å². The average molecular weight is 344 g/mol. The van der Waals surface area contributed by atoms with E-state index in [1.54, 1.807) is 6.07 Å². The number of non-ortho nitro benzene ring substituents is 1. The van der Waals surface area contributed by atoms with Crippen molar-refractivity contribution >= 4 is 11.4 Å². The molecule has 7 heteroatoms. The van der Waals surface area contributed by atoms with Crippen LogP contribution >= 0.6 is 0 Å². The first-order valence-electron chi connectivity index (χ1n) is 8.91. The summed E-state index contributed by atoms with van der Waals surface area (Å²) in [5, 5.41) is 20.2. The normalized spacial score (nSPS) is 19.6. The van der Waals surface area contributed by atoms with Crippen molar-refractivity contribution in [2.24, 2.45) is 5.92 Å². The molecule has 3 rings (SSSR count). The van der Waals surface area contributed by atoms with Crippen LogP contribution in [0.1, 0.15) is 24.8 Å². The molecule has 2 fully saturated rings. The SMILES string of the molecule is N#Cc1cc([N+](=O)[O-])ccc1N1CCC(CCN2CCOCC2)CC1. The van der Waals surface area contributed by atoms with Crippen LogP contribution in [0, 0.1) is 27.4 Å². The van der Waals surface area contributed by atoms with Crippen molar-refractivity contribution in [3.63, 3.8) is 0 Å². The second kappa shape index (κ2) is 8.28. The van der Waals surface area contributed by atoms with E-state index >= 15 is 0 Å². The Morgan fingerprint density at radius 3 is 2.60 bits per heavy atom. The molecule has 0 aliphatic carbocycles. The van der Waals surface area contributed by atoms with Crippen molar-refractivity contribution in [1.82, 2.24) is 4.90 Å². The second-order valence-corrected chi connectivity index (χ2v) is 6.74. The number of nitro benzene ring substituents is 1. The highest BCUT2D eigenvalue weighted by Crippen LogP contribution is 2.30. The van der Waals surface area contributed by atoms with Gasteiger partial charge in [-0.15, -0.1) is 0 Å². The number of benzene rings is 1. The number of hydrogen-bond donors (Lipinski definition) is 0. The van der Waals surface area contributed by atoms with Crippen LogP contribution in [0.3, 0.4) is 0 Å². The van der Waals surface area contributed by atoms with E-state index in [0.717, 1.165) is 64.5 Å². The highest BCUT2D eigenvalue weighted by atomic mass is 16.6. The summed E-state index contributed by atoms with van der Waals surface area (Å²) < 4.78 is 5.38. The van der Waals surface area contributed by atoms with Crippen LogP contribution in [0.25, 0.3) is 0 Å². The summed E-state index contributed by atoms with van der Waals surface area (Å²) in [6.07, 6.45) is 3.41. The lowest BCUT2D eigenvalue weighted by molar-refractivity contribution is -0.384. The molecule has 1 aromatic rings. The predicted molar refractivity (Wildman–Crippen MR) is 94.6 cm³/mol. The van der Waals surface area contributed by atoms with E-state index in [2.05, 4.69) is 15.9 Å². The fourth-order valence-corrected chi connectivity index (χ4v) is 3.66. The summed E-state index contributed by atoms with van der Waals surface area (Å²) in [5.41, 5.74) is 1.18. The summed E-state index contributed by atoms with van der Waals surface area (Å²) in [6, 6.07) is 6.68. The van der Waals surface area contributed by atoms with E-state index in [0.29, 0.717) is 11.5 Å². The van der Waals surface area contributed by atoms with Crippen molar-refractivity contribution in [3.8, 4) is 6.07 Å². The zero-order valence-electron chi connectivity index (χ0n) is 14.4. The molecule has 0 saturated carbocycles. The molecule has 2 aliphatic rings.